The van der Waals surface area contributed by atoms with Crippen molar-refractivity contribution in [3.63, 3.8) is 0 Å². The fraction of sp³-hybridized carbons (Fsp3) is 0. The van der Waals surface area contributed by atoms with Crippen LogP contribution in [0.5, 0.6) is 0 Å². The first-order chi connectivity index (χ1) is 11.1. The molecule has 1 heterocycles. The normalized spacial score (nSPS) is 10.5. The van der Waals surface area contributed by atoms with Gasteiger partial charge in [0.15, 0.2) is 0 Å². The zero-order valence-electron chi connectivity index (χ0n) is 11.6. The highest BCUT2D eigenvalue weighted by molar-refractivity contribution is 6.44. The van der Waals surface area contributed by atoms with Gasteiger partial charge in [0.1, 0.15) is 0 Å². The van der Waals surface area contributed by atoms with Gasteiger partial charge in [-0.05, 0) is 24.3 Å². The summed E-state index contributed by atoms with van der Waals surface area (Å²) >= 11 is 11.9. The molecule has 6 nitrogen and oxygen atoms in total. The summed E-state index contributed by atoms with van der Waals surface area (Å²) in [6.07, 6.45) is 0. The number of aromatic amines is 1. The van der Waals surface area contributed by atoms with Crippen LogP contribution >= 0.6 is 23.2 Å². The average molecular weight is 349 g/mol. The molecule has 0 saturated heterocycles. The fourth-order valence-corrected chi connectivity index (χ4v) is 2.30. The summed E-state index contributed by atoms with van der Waals surface area (Å²) < 4.78 is 1.11. The Morgan fingerprint density at radius 2 is 1.83 bits per heavy atom. The van der Waals surface area contributed by atoms with Gasteiger partial charge in [-0.2, -0.15) is 4.68 Å². The van der Waals surface area contributed by atoms with Crippen molar-refractivity contribution >= 4 is 34.8 Å². The van der Waals surface area contributed by atoms with Crippen LogP contribution in [0.25, 0.3) is 5.69 Å². The molecular formula is C15H10Cl2N4O2. The van der Waals surface area contributed by atoms with E-state index < -0.39 is 11.6 Å². The van der Waals surface area contributed by atoms with Gasteiger partial charge in [-0.25, -0.2) is 4.79 Å². The van der Waals surface area contributed by atoms with E-state index >= 15 is 0 Å². The number of aromatic nitrogens is 3. The van der Waals surface area contributed by atoms with Crippen molar-refractivity contribution < 1.29 is 4.79 Å². The van der Waals surface area contributed by atoms with E-state index in [-0.39, 0.29) is 10.8 Å². The van der Waals surface area contributed by atoms with Crippen molar-refractivity contribution in [3.8, 4) is 5.69 Å². The molecule has 1 aromatic heterocycles. The highest BCUT2D eigenvalue weighted by Gasteiger charge is 2.16. The number of hydrogen-bond donors (Lipinski definition) is 2. The van der Waals surface area contributed by atoms with Crippen LogP contribution < -0.4 is 11.0 Å². The van der Waals surface area contributed by atoms with E-state index in [4.69, 9.17) is 23.2 Å². The van der Waals surface area contributed by atoms with Gasteiger partial charge in [0.05, 0.1) is 21.4 Å². The number of nitrogens with zero attached hydrogens (tertiary/aromatic N) is 2. The van der Waals surface area contributed by atoms with Gasteiger partial charge in [-0.3, -0.25) is 9.78 Å². The Morgan fingerprint density at radius 1 is 1.09 bits per heavy atom. The lowest BCUT2D eigenvalue weighted by Gasteiger charge is -2.06. The van der Waals surface area contributed by atoms with Crippen molar-refractivity contribution in [2.75, 3.05) is 5.32 Å². The number of hydrogen-bond acceptors (Lipinski definition) is 3. The van der Waals surface area contributed by atoms with Crippen LogP contribution in [0.2, 0.25) is 10.0 Å². The molecule has 116 valence electrons. The predicted octanol–water partition coefficient (Wildman–Crippen LogP) is 3.12. The Bertz CT molecular complexity index is 919. The molecule has 0 aliphatic heterocycles. The largest absolute Gasteiger partial charge is 0.348 e. The van der Waals surface area contributed by atoms with Crippen LogP contribution in [0.1, 0.15) is 10.6 Å². The standard InChI is InChI=1S/C15H10Cl2N4O2/c16-10-7-4-8-11(12(10)17)18-14(22)13-19-15(23)21(20-13)9-5-2-1-3-6-9/h1-8H,(H,18,22)(H,19,20,23). The SMILES string of the molecule is O=C(Nc1cccc(Cl)c1Cl)c1nn(-c2ccccc2)c(=O)[nH]1. The molecule has 0 unspecified atom stereocenters. The summed E-state index contributed by atoms with van der Waals surface area (Å²) in [6, 6.07) is 13.6. The molecule has 0 radical (unpaired) electrons. The fourth-order valence-electron chi connectivity index (χ4n) is 1.95. The monoisotopic (exact) mass is 348 g/mol. The summed E-state index contributed by atoms with van der Waals surface area (Å²) in [4.78, 5) is 26.6. The maximum Gasteiger partial charge on any atom is 0.348 e. The second-order valence-electron chi connectivity index (χ2n) is 4.58. The van der Waals surface area contributed by atoms with Crippen LogP contribution in [-0.2, 0) is 0 Å². The molecule has 8 heteroatoms. The third kappa shape index (κ3) is 3.13. The number of H-pyrrole nitrogens is 1. The van der Waals surface area contributed by atoms with Crippen molar-refractivity contribution in [1.82, 2.24) is 14.8 Å². The predicted molar refractivity (Wildman–Crippen MR) is 88.6 cm³/mol. The maximum absolute atomic E-state index is 12.2. The smallest absolute Gasteiger partial charge is 0.318 e. The Labute approximate surface area is 140 Å². The lowest BCUT2D eigenvalue weighted by atomic mass is 10.3. The van der Waals surface area contributed by atoms with E-state index in [1.807, 2.05) is 6.07 Å². The molecule has 2 N–H and O–H groups in total. The molecule has 2 aromatic carbocycles. The summed E-state index contributed by atoms with van der Waals surface area (Å²) in [7, 11) is 0. The molecule has 0 aliphatic carbocycles. The Hall–Kier alpha value is -2.57. The number of amides is 1. The lowest BCUT2D eigenvalue weighted by Crippen LogP contribution is -2.15. The maximum atomic E-state index is 12.2. The minimum Gasteiger partial charge on any atom is -0.318 e. The summed E-state index contributed by atoms with van der Waals surface area (Å²) in [5, 5.41) is 7.07. The molecule has 1 amide bonds. The zero-order valence-corrected chi connectivity index (χ0v) is 13.1. The molecule has 3 rings (SSSR count). The van der Waals surface area contributed by atoms with Crippen LogP contribution in [0.3, 0.4) is 0 Å². The molecular weight excluding hydrogens is 339 g/mol. The van der Waals surface area contributed by atoms with Gasteiger partial charge in [0.25, 0.3) is 5.91 Å². The number of carbonyl (C=O) groups excluding carboxylic acids is 1. The van der Waals surface area contributed by atoms with Gasteiger partial charge in [0, 0.05) is 0 Å². The number of benzene rings is 2. The van der Waals surface area contributed by atoms with E-state index in [9.17, 15) is 9.59 Å². The first-order valence-corrected chi connectivity index (χ1v) is 7.32. The second kappa shape index (κ2) is 6.28. The molecule has 0 saturated carbocycles. The third-order valence-electron chi connectivity index (χ3n) is 3.03. The Balaban J connectivity index is 1.89. The van der Waals surface area contributed by atoms with E-state index in [1.165, 1.54) is 0 Å². The number of nitrogens with one attached hydrogen (secondary N) is 2. The highest BCUT2D eigenvalue weighted by atomic mass is 35.5. The van der Waals surface area contributed by atoms with E-state index in [1.54, 1.807) is 42.5 Å². The van der Waals surface area contributed by atoms with E-state index in [0.717, 1.165) is 4.68 Å². The number of carbonyl (C=O) groups is 1. The number of rotatable bonds is 3. The van der Waals surface area contributed by atoms with Gasteiger partial charge >= 0.3 is 5.69 Å². The minimum atomic E-state index is -0.596. The number of halogens is 2. The van der Waals surface area contributed by atoms with Gasteiger partial charge in [-0.1, -0.05) is 47.5 Å². The lowest BCUT2D eigenvalue weighted by molar-refractivity contribution is 0.101. The molecule has 23 heavy (non-hydrogen) atoms. The topological polar surface area (TPSA) is 79.8 Å². The third-order valence-corrected chi connectivity index (χ3v) is 3.85. The van der Waals surface area contributed by atoms with Gasteiger partial charge in [-0.15, -0.1) is 5.10 Å². The Kier molecular flexibility index (Phi) is 4.18. The number of anilines is 1. The molecule has 0 aliphatic rings. The van der Waals surface area contributed by atoms with Gasteiger partial charge < -0.3 is 5.32 Å². The quantitative estimate of drug-likeness (QED) is 0.762. The van der Waals surface area contributed by atoms with E-state index in [2.05, 4.69) is 15.4 Å². The summed E-state index contributed by atoms with van der Waals surface area (Å²) in [6.45, 7) is 0. The van der Waals surface area contributed by atoms with Crippen molar-refractivity contribution in [2.45, 2.75) is 0 Å². The van der Waals surface area contributed by atoms with Crippen LogP contribution in [0, 0.1) is 0 Å². The highest BCUT2D eigenvalue weighted by Crippen LogP contribution is 2.29. The first-order valence-electron chi connectivity index (χ1n) is 6.56. The van der Waals surface area contributed by atoms with Crippen LogP contribution in [-0.4, -0.2) is 20.7 Å². The Morgan fingerprint density at radius 3 is 2.57 bits per heavy atom. The average Bonchev–Trinajstić information content (AvgIpc) is 2.95. The van der Waals surface area contributed by atoms with Crippen LogP contribution in [0.15, 0.2) is 53.3 Å². The molecule has 0 fully saturated rings. The van der Waals surface area contributed by atoms with Crippen molar-refractivity contribution in [2.24, 2.45) is 0 Å². The van der Waals surface area contributed by atoms with Crippen molar-refractivity contribution in [3.05, 3.63) is 74.9 Å². The number of para-hydroxylation sites is 1. The molecule has 0 atom stereocenters. The van der Waals surface area contributed by atoms with Crippen LogP contribution in [0.4, 0.5) is 5.69 Å². The summed E-state index contributed by atoms with van der Waals surface area (Å²) in [5.74, 6) is -0.726. The second-order valence-corrected chi connectivity index (χ2v) is 5.37. The van der Waals surface area contributed by atoms with Gasteiger partial charge in [0.2, 0.25) is 5.82 Å². The first kappa shape index (κ1) is 15.3. The molecule has 3 aromatic rings. The molecule has 0 spiro atoms. The zero-order chi connectivity index (χ0) is 16.4. The van der Waals surface area contributed by atoms with Crippen molar-refractivity contribution in [1.29, 1.82) is 0 Å². The van der Waals surface area contributed by atoms with E-state index in [0.29, 0.717) is 16.4 Å². The minimum absolute atomic E-state index is 0.130. The molecule has 0 bridgehead atoms. The summed E-state index contributed by atoms with van der Waals surface area (Å²) in [5.41, 5.74) is 0.367.